The molecule has 0 aromatic carbocycles. The number of aromatic amines is 1. The van der Waals surface area contributed by atoms with E-state index in [1.165, 1.54) is 5.56 Å². The molecule has 0 bridgehead atoms. The molecule has 4 nitrogen and oxygen atoms in total. The molecule has 1 aliphatic heterocycles. The molecule has 4 rings (SSSR count). The third-order valence-corrected chi connectivity index (χ3v) is 6.11. The van der Waals surface area contributed by atoms with Crippen molar-refractivity contribution in [3.05, 3.63) is 40.5 Å². The smallest absolute Gasteiger partial charge is 0.157 e. The molecule has 0 radical (unpaired) electrons. The van der Waals surface area contributed by atoms with Gasteiger partial charge in [-0.15, -0.1) is 0 Å². The number of hydrogen-bond donors (Lipinski definition) is 2. The summed E-state index contributed by atoms with van der Waals surface area (Å²) < 4.78 is 41.0. The Balaban J connectivity index is 1.41. The zero-order valence-electron chi connectivity index (χ0n) is 14.2. The van der Waals surface area contributed by atoms with E-state index in [1.807, 2.05) is 6.92 Å². The van der Waals surface area contributed by atoms with Crippen LogP contribution in [0.1, 0.15) is 42.6 Å². The fourth-order valence-corrected chi connectivity index (χ4v) is 4.64. The average Bonchev–Trinajstić information content (AvgIpc) is 3.14. The minimum Gasteiger partial charge on any atom is -0.327 e. The number of nitrogens with two attached hydrogens (primary N) is 1. The van der Waals surface area contributed by atoms with Gasteiger partial charge in [0.2, 0.25) is 0 Å². The van der Waals surface area contributed by atoms with E-state index in [0.29, 0.717) is 12.1 Å². The number of nitrogens with zero attached hydrogens (tertiary/aromatic N) is 2. The molecule has 0 spiro atoms. The van der Waals surface area contributed by atoms with E-state index in [2.05, 4.69) is 15.1 Å². The number of aryl methyl sites for hydroxylation is 1. The Hall–Kier alpha value is -1.60. The molecule has 7 heteroatoms. The largest absolute Gasteiger partial charge is 0.327 e. The molecule has 1 fully saturated rings. The molecule has 3 aliphatic rings. The molecule has 2 heterocycles. The Labute approximate surface area is 145 Å². The second-order valence-electron chi connectivity index (χ2n) is 7.57. The Morgan fingerprint density at radius 2 is 2.04 bits per heavy atom. The number of nitrogens with one attached hydrogen (secondary N) is 1. The van der Waals surface area contributed by atoms with Gasteiger partial charge in [-0.3, -0.25) is 10.00 Å². The van der Waals surface area contributed by atoms with Crippen molar-refractivity contribution in [2.75, 3.05) is 0 Å². The van der Waals surface area contributed by atoms with Crippen LogP contribution in [0.2, 0.25) is 0 Å². The molecular weight excluding hydrogens is 329 g/mol. The number of allylic oxidation sites excluding steroid dienone is 4. The Bertz CT molecular complexity index is 739. The van der Waals surface area contributed by atoms with E-state index in [4.69, 9.17) is 5.73 Å². The fraction of sp³-hybridized carbons (Fsp3) is 0.611. The van der Waals surface area contributed by atoms with E-state index in [0.717, 1.165) is 43.7 Å². The number of rotatable bonds is 2. The molecule has 1 saturated carbocycles. The van der Waals surface area contributed by atoms with Crippen LogP contribution in [-0.4, -0.2) is 27.2 Å². The van der Waals surface area contributed by atoms with Crippen molar-refractivity contribution in [1.29, 1.82) is 0 Å². The molecule has 0 amide bonds. The number of hydrogen-bond acceptors (Lipinski definition) is 3. The van der Waals surface area contributed by atoms with Gasteiger partial charge < -0.3 is 5.73 Å². The van der Waals surface area contributed by atoms with Crippen LogP contribution in [-0.2, 0) is 13.1 Å². The molecule has 3 N–H and O–H groups in total. The lowest BCUT2D eigenvalue weighted by atomic mass is 9.72. The zero-order valence-corrected chi connectivity index (χ0v) is 14.2. The van der Waals surface area contributed by atoms with Gasteiger partial charge >= 0.3 is 0 Å². The van der Waals surface area contributed by atoms with Crippen molar-refractivity contribution in [1.82, 2.24) is 15.1 Å². The standard InChI is InChI=1S/C18H23F3N4/c1-9-13-7-25(8-18(13)24-23-9)10-2-3-11(17(22)4-10)12-5-15(20)16(21)6-14(12)19/h6,10-12,17H,2-5,7-8,22H2,1H3,(H,23,24)/t10-,11+,12?,17?/m0/s1. The van der Waals surface area contributed by atoms with E-state index >= 15 is 0 Å². The molecule has 0 saturated heterocycles. The van der Waals surface area contributed by atoms with Crippen molar-refractivity contribution in [2.24, 2.45) is 17.6 Å². The molecule has 1 aromatic heterocycles. The first-order valence-electron chi connectivity index (χ1n) is 8.87. The number of fused-ring (bicyclic) bond motifs is 1. The SMILES string of the molecule is Cc1[nH]nc2c1CN([C@H]1CC[C@H](C3CC(F)=C(F)C=C3F)C(N)C1)C2. The Morgan fingerprint density at radius 3 is 2.76 bits per heavy atom. The van der Waals surface area contributed by atoms with Crippen LogP contribution in [0, 0.1) is 18.8 Å². The molecule has 4 atom stereocenters. The summed E-state index contributed by atoms with van der Waals surface area (Å²) in [5, 5.41) is 7.35. The van der Waals surface area contributed by atoms with E-state index in [-0.39, 0.29) is 18.4 Å². The van der Waals surface area contributed by atoms with Crippen molar-refractivity contribution in [3.63, 3.8) is 0 Å². The highest BCUT2D eigenvalue weighted by molar-refractivity contribution is 5.28. The summed E-state index contributed by atoms with van der Waals surface area (Å²) in [7, 11) is 0. The minimum atomic E-state index is -1.09. The maximum Gasteiger partial charge on any atom is 0.157 e. The second-order valence-corrected chi connectivity index (χ2v) is 7.57. The summed E-state index contributed by atoms with van der Waals surface area (Å²) in [6.07, 6.45) is 2.84. The van der Waals surface area contributed by atoms with E-state index < -0.39 is 23.4 Å². The van der Waals surface area contributed by atoms with Crippen LogP contribution in [0.4, 0.5) is 13.2 Å². The maximum absolute atomic E-state index is 14.2. The van der Waals surface area contributed by atoms with Crippen molar-refractivity contribution in [2.45, 2.75) is 57.8 Å². The highest BCUT2D eigenvalue weighted by atomic mass is 19.2. The number of aromatic nitrogens is 2. The highest BCUT2D eigenvalue weighted by Gasteiger charge is 2.40. The zero-order chi connectivity index (χ0) is 17.7. The van der Waals surface area contributed by atoms with E-state index in [1.54, 1.807) is 0 Å². The molecular formula is C18H23F3N4. The predicted octanol–water partition coefficient (Wildman–Crippen LogP) is 3.55. The van der Waals surface area contributed by atoms with Gasteiger partial charge in [0.15, 0.2) is 5.83 Å². The molecule has 1 aromatic rings. The van der Waals surface area contributed by atoms with Gasteiger partial charge in [0.1, 0.15) is 11.7 Å². The lowest BCUT2D eigenvalue weighted by molar-refractivity contribution is 0.0984. The van der Waals surface area contributed by atoms with Crippen molar-refractivity contribution < 1.29 is 13.2 Å². The minimum absolute atomic E-state index is 0.145. The van der Waals surface area contributed by atoms with Gasteiger partial charge in [-0.25, -0.2) is 13.2 Å². The van der Waals surface area contributed by atoms with E-state index in [9.17, 15) is 13.2 Å². The van der Waals surface area contributed by atoms with Crippen LogP contribution >= 0.6 is 0 Å². The summed E-state index contributed by atoms with van der Waals surface area (Å²) in [6.45, 7) is 3.69. The van der Waals surface area contributed by atoms with Gasteiger partial charge in [0.25, 0.3) is 0 Å². The van der Waals surface area contributed by atoms with Gasteiger partial charge in [-0.1, -0.05) is 0 Å². The molecule has 136 valence electrons. The van der Waals surface area contributed by atoms with Gasteiger partial charge in [-0.2, -0.15) is 5.10 Å². The third kappa shape index (κ3) is 2.93. The van der Waals surface area contributed by atoms with Gasteiger partial charge in [-0.05, 0) is 32.1 Å². The summed E-state index contributed by atoms with van der Waals surface area (Å²) in [5.41, 5.74) is 9.81. The number of H-pyrrole nitrogens is 1. The first kappa shape index (κ1) is 16.8. The fourth-order valence-electron chi connectivity index (χ4n) is 4.64. The normalized spacial score (nSPS) is 33.6. The summed E-state index contributed by atoms with van der Waals surface area (Å²) in [6, 6.07) is 0.111. The van der Waals surface area contributed by atoms with Crippen molar-refractivity contribution >= 4 is 0 Å². The first-order valence-corrected chi connectivity index (χ1v) is 8.87. The van der Waals surface area contributed by atoms with Crippen LogP contribution < -0.4 is 5.73 Å². The molecule has 2 aliphatic carbocycles. The highest BCUT2D eigenvalue weighted by Crippen LogP contribution is 2.43. The van der Waals surface area contributed by atoms with Crippen LogP contribution in [0.5, 0.6) is 0 Å². The summed E-state index contributed by atoms with van der Waals surface area (Å²) >= 11 is 0. The van der Waals surface area contributed by atoms with Gasteiger partial charge in [0, 0.05) is 54.8 Å². The van der Waals surface area contributed by atoms with Crippen LogP contribution in [0.25, 0.3) is 0 Å². The van der Waals surface area contributed by atoms with Crippen LogP contribution in [0.3, 0.4) is 0 Å². The summed E-state index contributed by atoms with van der Waals surface area (Å²) in [4.78, 5) is 2.38. The maximum atomic E-state index is 14.2. The first-order chi connectivity index (χ1) is 11.9. The Kier molecular flexibility index (Phi) is 4.24. The number of halogens is 3. The Morgan fingerprint density at radius 1 is 1.24 bits per heavy atom. The lowest BCUT2D eigenvalue weighted by Gasteiger charge is -2.41. The monoisotopic (exact) mass is 352 g/mol. The molecule has 25 heavy (non-hydrogen) atoms. The van der Waals surface area contributed by atoms with Gasteiger partial charge in [0.05, 0.1) is 5.69 Å². The average molecular weight is 352 g/mol. The lowest BCUT2D eigenvalue weighted by Crippen LogP contribution is -2.47. The van der Waals surface area contributed by atoms with Crippen molar-refractivity contribution in [3.8, 4) is 0 Å². The predicted molar refractivity (Wildman–Crippen MR) is 88.2 cm³/mol. The molecule has 2 unspecified atom stereocenters. The third-order valence-electron chi connectivity index (χ3n) is 6.11. The topological polar surface area (TPSA) is 57.9 Å². The quantitative estimate of drug-likeness (QED) is 0.856. The summed E-state index contributed by atoms with van der Waals surface area (Å²) in [5.74, 6) is -3.30. The second kappa shape index (κ2) is 6.29. The van der Waals surface area contributed by atoms with Crippen LogP contribution in [0.15, 0.2) is 23.6 Å².